The molecule has 0 saturated carbocycles. The summed E-state index contributed by atoms with van der Waals surface area (Å²) in [6.07, 6.45) is 3.86. The van der Waals surface area contributed by atoms with Crippen molar-refractivity contribution in [1.82, 2.24) is 5.32 Å². The van der Waals surface area contributed by atoms with Crippen molar-refractivity contribution < 1.29 is 9.59 Å². The summed E-state index contributed by atoms with van der Waals surface area (Å²) in [7, 11) is 0. The van der Waals surface area contributed by atoms with Gasteiger partial charge in [0.05, 0.1) is 6.54 Å². The maximum atomic E-state index is 12.0. The van der Waals surface area contributed by atoms with E-state index in [1.807, 2.05) is 50.2 Å². The molecule has 5 heteroatoms. The van der Waals surface area contributed by atoms with Gasteiger partial charge in [-0.3, -0.25) is 9.59 Å². The molecule has 2 N–H and O–H groups in total. The molecule has 2 amide bonds. The number of aryl methyl sites for hydroxylation is 2. The average Bonchev–Trinajstić information content (AvgIpc) is 2.61. The number of rotatable bonds is 6. The third-order valence-corrected chi connectivity index (χ3v) is 4.13. The Morgan fingerprint density at radius 1 is 1.16 bits per heavy atom. The third kappa shape index (κ3) is 5.76. The molecule has 130 valence electrons. The molecule has 0 aromatic heterocycles. The van der Waals surface area contributed by atoms with Crippen LogP contribution in [0.25, 0.3) is 6.08 Å². The Morgan fingerprint density at radius 2 is 1.92 bits per heavy atom. The van der Waals surface area contributed by atoms with Crippen LogP contribution >= 0.6 is 11.6 Å². The van der Waals surface area contributed by atoms with Crippen molar-refractivity contribution in [3.63, 3.8) is 0 Å². The minimum absolute atomic E-state index is 0.0874. The number of para-hydroxylation sites is 1. The van der Waals surface area contributed by atoms with Crippen LogP contribution in [0.2, 0.25) is 5.02 Å². The number of nitrogens with one attached hydrogen (secondary N) is 2. The van der Waals surface area contributed by atoms with E-state index in [9.17, 15) is 9.59 Å². The molecule has 0 saturated heterocycles. The molecule has 0 fully saturated rings. The zero-order chi connectivity index (χ0) is 18.2. The highest BCUT2D eigenvalue weighted by atomic mass is 35.5. The molecule has 2 rings (SSSR count). The molecule has 0 bridgehead atoms. The lowest BCUT2D eigenvalue weighted by molar-refractivity contribution is -0.121. The van der Waals surface area contributed by atoms with Crippen LogP contribution in [-0.2, 0) is 16.0 Å². The van der Waals surface area contributed by atoms with E-state index >= 15 is 0 Å². The average molecular weight is 357 g/mol. The Morgan fingerprint density at radius 3 is 2.64 bits per heavy atom. The highest BCUT2D eigenvalue weighted by Crippen LogP contribution is 2.17. The minimum atomic E-state index is -0.337. The Labute approximate surface area is 152 Å². The normalized spacial score (nSPS) is 10.7. The number of carbonyl (C=O) groups excluding carboxylic acids is 2. The first-order valence-electron chi connectivity index (χ1n) is 8.09. The van der Waals surface area contributed by atoms with E-state index < -0.39 is 0 Å². The van der Waals surface area contributed by atoms with Crippen molar-refractivity contribution in [2.24, 2.45) is 0 Å². The number of carbonyl (C=O) groups is 2. The maximum absolute atomic E-state index is 12.0. The van der Waals surface area contributed by atoms with E-state index in [1.54, 1.807) is 12.1 Å². The van der Waals surface area contributed by atoms with Gasteiger partial charge in [0.25, 0.3) is 0 Å². The Hall–Kier alpha value is -2.59. The second-order valence-corrected chi connectivity index (χ2v) is 6.03. The maximum Gasteiger partial charge on any atom is 0.244 e. The predicted octanol–water partition coefficient (Wildman–Crippen LogP) is 3.98. The van der Waals surface area contributed by atoms with Gasteiger partial charge in [-0.15, -0.1) is 0 Å². The van der Waals surface area contributed by atoms with E-state index in [0.29, 0.717) is 5.02 Å². The summed E-state index contributed by atoms with van der Waals surface area (Å²) in [5.41, 5.74) is 3.63. The fourth-order valence-electron chi connectivity index (χ4n) is 2.26. The zero-order valence-corrected chi connectivity index (χ0v) is 15.1. The molecule has 0 spiro atoms. The van der Waals surface area contributed by atoms with Crippen LogP contribution in [-0.4, -0.2) is 18.4 Å². The van der Waals surface area contributed by atoms with Gasteiger partial charge in [0, 0.05) is 16.8 Å². The third-order valence-electron chi connectivity index (χ3n) is 3.72. The van der Waals surface area contributed by atoms with Gasteiger partial charge in [0.1, 0.15) is 0 Å². The highest BCUT2D eigenvalue weighted by Gasteiger charge is 2.06. The molecule has 4 nitrogen and oxygen atoms in total. The summed E-state index contributed by atoms with van der Waals surface area (Å²) in [5.74, 6) is -0.600. The van der Waals surface area contributed by atoms with Gasteiger partial charge in [-0.25, -0.2) is 0 Å². The number of benzene rings is 2. The molecule has 0 aliphatic carbocycles. The van der Waals surface area contributed by atoms with Crippen LogP contribution in [0.5, 0.6) is 0 Å². The van der Waals surface area contributed by atoms with Crippen molar-refractivity contribution in [2.45, 2.75) is 20.3 Å². The van der Waals surface area contributed by atoms with Crippen LogP contribution in [0.15, 0.2) is 48.5 Å². The number of halogens is 1. The Kier molecular flexibility index (Phi) is 6.78. The van der Waals surface area contributed by atoms with Crippen molar-refractivity contribution in [2.75, 3.05) is 11.9 Å². The smallest absolute Gasteiger partial charge is 0.244 e. The lowest BCUT2D eigenvalue weighted by atomic mass is 10.1. The summed E-state index contributed by atoms with van der Waals surface area (Å²) in [4.78, 5) is 23.8. The summed E-state index contributed by atoms with van der Waals surface area (Å²) in [6, 6.07) is 13.2. The van der Waals surface area contributed by atoms with Gasteiger partial charge >= 0.3 is 0 Å². The summed E-state index contributed by atoms with van der Waals surface area (Å²) in [6.45, 7) is 3.85. The van der Waals surface area contributed by atoms with Gasteiger partial charge in [-0.05, 0) is 48.2 Å². The van der Waals surface area contributed by atoms with Crippen LogP contribution in [0.1, 0.15) is 23.6 Å². The number of anilines is 1. The molecule has 0 unspecified atom stereocenters. The van der Waals surface area contributed by atoms with Crippen LogP contribution in [0.3, 0.4) is 0 Å². The summed E-state index contributed by atoms with van der Waals surface area (Å²) >= 11 is 6.05. The van der Waals surface area contributed by atoms with Gasteiger partial charge in [-0.1, -0.05) is 48.9 Å². The van der Waals surface area contributed by atoms with E-state index in [0.717, 1.165) is 28.8 Å². The van der Waals surface area contributed by atoms with Gasteiger partial charge in [0.2, 0.25) is 11.8 Å². The fraction of sp³-hybridized carbons (Fsp3) is 0.200. The van der Waals surface area contributed by atoms with E-state index in [-0.39, 0.29) is 18.4 Å². The van der Waals surface area contributed by atoms with Crippen LogP contribution in [0.4, 0.5) is 5.69 Å². The topological polar surface area (TPSA) is 58.2 Å². The van der Waals surface area contributed by atoms with Crippen LogP contribution in [0, 0.1) is 6.92 Å². The number of hydrogen-bond donors (Lipinski definition) is 2. The fourth-order valence-corrected chi connectivity index (χ4v) is 2.44. The molecule has 0 atom stereocenters. The molecular weight excluding hydrogens is 336 g/mol. The molecule has 2 aromatic rings. The molecule has 0 radical (unpaired) electrons. The summed E-state index contributed by atoms with van der Waals surface area (Å²) < 4.78 is 0. The number of amides is 2. The molecular formula is C20H21ClN2O2. The van der Waals surface area contributed by atoms with Crippen molar-refractivity contribution >= 4 is 35.2 Å². The first-order valence-corrected chi connectivity index (χ1v) is 8.47. The molecule has 25 heavy (non-hydrogen) atoms. The van der Waals surface area contributed by atoms with Crippen molar-refractivity contribution in [3.8, 4) is 0 Å². The Bertz CT molecular complexity index is 800. The number of hydrogen-bond acceptors (Lipinski definition) is 2. The molecule has 0 heterocycles. The molecule has 0 aliphatic rings. The first-order chi connectivity index (χ1) is 12.0. The van der Waals surface area contributed by atoms with Gasteiger partial charge < -0.3 is 10.6 Å². The first kappa shape index (κ1) is 18.7. The second kappa shape index (κ2) is 9.04. The lowest BCUT2D eigenvalue weighted by Gasteiger charge is -2.09. The lowest BCUT2D eigenvalue weighted by Crippen LogP contribution is -2.31. The SMILES string of the molecule is CCc1ccccc1NC(=O)CNC(=O)/C=C/c1ccc(C)c(Cl)c1. The highest BCUT2D eigenvalue weighted by molar-refractivity contribution is 6.31. The van der Waals surface area contributed by atoms with Gasteiger partial charge in [0.15, 0.2) is 0 Å². The van der Waals surface area contributed by atoms with E-state index in [4.69, 9.17) is 11.6 Å². The minimum Gasteiger partial charge on any atom is -0.343 e. The summed E-state index contributed by atoms with van der Waals surface area (Å²) in [5, 5.41) is 6.02. The van der Waals surface area contributed by atoms with Gasteiger partial charge in [-0.2, -0.15) is 0 Å². The molecule has 0 aliphatic heterocycles. The quantitative estimate of drug-likeness (QED) is 0.769. The monoisotopic (exact) mass is 356 g/mol. The molecule has 2 aromatic carbocycles. The standard InChI is InChI=1S/C20H21ClN2O2/c1-3-16-6-4-5-7-18(16)23-20(25)13-22-19(24)11-10-15-9-8-14(2)17(21)12-15/h4-12H,3,13H2,1-2H3,(H,22,24)(H,23,25)/b11-10+. The van der Waals surface area contributed by atoms with E-state index in [2.05, 4.69) is 10.6 Å². The predicted molar refractivity (Wildman–Crippen MR) is 103 cm³/mol. The van der Waals surface area contributed by atoms with Crippen molar-refractivity contribution in [1.29, 1.82) is 0 Å². The second-order valence-electron chi connectivity index (χ2n) is 5.62. The largest absolute Gasteiger partial charge is 0.343 e. The Balaban J connectivity index is 1.85. The zero-order valence-electron chi connectivity index (χ0n) is 14.3. The van der Waals surface area contributed by atoms with Crippen molar-refractivity contribution in [3.05, 3.63) is 70.3 Å². The van der Waals surface area contributed by atoms with E-state index in [1.165, 1.54) is 6.08 Å². The van der Waals surface area contributed by atoms with Crippen LogP contribution < -0.4 is 10.6 Å².